The van der Waals surface area contributed by atoms with Crippen molar-refractivity contribution in [3.63, 3.8) is 0 Å². The van der Waals surface area contributed by atoms with Gasteiger partial charge in [-0.2, -0.15) is 0 Å². The molecule has 0 spiro atoms. The Bertz CT molecular complexity index is 1190. The fraction of sp³-hybridized carbons (Fsp3) is 0.458. The van der Waals surface area contributed by atoms with Crippen molar-refractivity contribution in [2.45, 2.75) is 43.5 Å². The zero-order valence-electron chi connectivity index (χ0n) is 19.0. The van der Waals surface area contributed by atoms with Crippen LogP contribution >= 0.6 is 0 Å². The van der Waals surface area contributed by atoms with Crippen molar-refractivity contribution < 1.29 is 22.7 Å². The van der Waals surface area contributed by atoms with E-state index in [-0.39, 0.29) is 29.6 Å². The average molecular weight is 472 g/mol. The molecule has 3 aliphatic heterocycles. The zero-order chi connectivity index (χ0) is 23.2. The van der Waals surface area contributed by atoms with Crippen LogP contribution in [0.3, 0.4) is 0 Å². The molecule has 0 radical (unpaired) electrons. The normalized spacial score (nSPS) is 18.6. The summed E-state index contributed by atoms with van der Waals surface area (Å²) in [5, 5.41) is 0. The van der Waals surface area contributed by atoms with Gasteiger partial charge in [-0.3, -0.25) is 4.79 Å². The van der Waals surface area contributed by atoms with Gasteiger partial charge in [0.05, 0.1) is 11.4 Å². The number of ether oxygens (including phenoxy) is 2. The Kier molecular flexibility index (Phi) is 5.49. The van der Waals surface area contributed by atoms with Crippen LogP contribution in [0.1, 0.15) is 37.8 Å². The van der Waals surface area contributed by atoms with Gasteiger partial charge in [-0.15, -0.1) is 0 Å². The third-order valence-corrected chi connectivity index (χ3v) is 8.02. The number of benzene rings is 2. The van der Waals surface area contributed by atoms with Crippen LogP contribution in [-0.2, 0) is 26.8 Å². The second-order valence-corrected chi connectivity index (χ2v) is 11.3. The molecule has 5 rings (SSSR count). The van der Waals surface area contributed by atoms with Crippen molar-refractivity contribution in [1.82, 2.24) is 9.62 Å². The van der Waals surface area contributed by atoms with Crippen molar-refractivity contribution in [3.05, 3.63) is 47.5 Å². The second kappa shape index (κ2) is 8.22. The molecule has 0 aliphatic carbocycles. The molecule has 176 valence electrons. The maximum absolute atomic E-state index is 13.0. The number of likely N-dealkylation sites (tertiary alicyclic amines) is 1. The molecule has 0 unspecified atom stereocenters. The van der Waals surface area contributed by atoms with E-state index in [4.69, 9.17) is 9.47 Å². The van der Waals surface area contributed by atoms with Gasteiger partial charge in [0.1, 0.15) is 0 Å². The van der Waals surface area contributed by atoms with Crippen molar-refractivity contribution >= 4 is 21.6 Å². The first-order valence-corrected chi connectivity index (χ1v) is 12.8. The van der Waals surface area contributed by atoms with Gasteiger partial charge < -0.3 is 19.3 Å². The van der Waals surface area contributed by atoms with E-state index in [0.29, 0.717) is 24.6 Å². The number of hydrogen-bond donors (Lipinski definition) is 1. The van der Waals surface area contributed by atoms with E-state index in [1.807, 2.05) is 17.0 Å². The lowest BCUT2D eigenvalue weighted by Crippen LogP contribution is -2.40. The van der Waals surface area contributed by atoms with Gasteiger partial charge in [-0.05, 0) is 54.3 Å². The van der Waals surface area contributed by atoms with E-state index in [0.717, 1.165) is 42.7 Å². The quantitative estimate of drug-likeness (QED) is 0.697. The minimum Gasteiger partial charge on any atom is -0.454 e. The van der Waals surface area contributed by atoms with Crippen LogP contribution in [0.2, 0.25) is 0 Å². The van der Waals surface area contributed by atoms with Gasteiger partial charge in [0.15, 0.2) is 11.5 Å². The van der Waals surface area contributed by atoms with Crippen LogP contribution in [0.4, 0.5) is 5.69 Å². The Morgan fingerprint density at radius 1 is 1.06 bits per heavy atom. The molecular weight excluding hydrogens is 442 g/mol. The number of sulfonamides is 1. The Morgan fingerprint density at radius 3 is 2.61 bits per heavy atom. The standard InChI is InChI=1S/C24H29N3O5S/c1-24(2)15-27(14-23(28)26-9-3-4-10-26)20-7-6-18(12-19(20)24)33(29,30)25-13-17-5-8-21-22(11-17)32-16-31-21/h5-8,11-12,25H,3-4,9-10,13-16H2,1-2H3. The number of anilines is 1. The highest BCUT2D eigenvalue weighted by Crippen LogP contribution is 2.41. The van der Waals surface area contributed by atoms with E-state index in [1.165, 1.54) is 0 Å². The summed E-state index contributed by atoms with van der Waals surface area (Å²) in [6.45, 7) is 7.16. The molecule has 1 amide bonds. The number of hydrogen-bond acceptors (Lipinski definition) is 6. The average Bonchev–Trinajstić information content (AvgIpc) is 3.52. The first-order chi connectivity index (χ1) is 15.7. The molecule has 1 saturated heterocycles. The van der Waals surface area contributed by atoms with Crippen LogP contribution in [0.15, 0.2) is 41.3 Å². The van der Waals surface area contributed by atoms with Crippen molar-refractivity contribution in [2.75, 3.05) is 37.9 Å². The zero-order valence-corrected chi connectivity index (χ0v) is 19.8. The lowest BCUT2D eigenvalue weighted by molar-refractivity contribution is -0.128. The molecule has 1 N–H and O–H groups in total. The second-order valence-electron chi connectivity index (χ2n) is 9.52. The number of nitrogens with zero attached hydrogens (tertiary/aromatic N) is 2. The van der Waals surface area contributed by atoms with E-state index in [2.05, 4.69) is 23.5 Å². The summed E-state index contributed by atoms with van der Waals surface area (Å²) >= 11 is 0. The highest BCUT2D eigenvalue weighted by molar-refractivity contribution is 7.89. The Balaban J connectivity index is 1.32. The number of amides is 1. The van der Waals surface area contributed by atoms with Gasteiger partial charge >= 0.3 is 0 Å². The topological polar surface area (TPSA) is 88.2 Å². The van der Waals surface area contributed by atoms with E-state index < -0.39 is 10.0 Å². The van der Waals surface area contributed by atoms with Crippen LogP contribution in [-0.4, -0.2) is 52.2 Å². The first kappa shape index (κ1) is 22.0. The molecule has 1 fully saturated rings. The third kappa shape index (κ3) is 4.27. The van der Waals surface area contributed by atoms with Gasteiger partial charge in [0.2, 0.25) is 22.7 Å². The number of carbonyl (C=O) groups is 1. The van der Waals surface area contributed by atoms with Crippen LogP contribution in [0, 0.1) is 0 Å². The fourth-order valence-electron chi connectivity index (χ4n) is 4.83. The SMILES string of the molecule is CC1(C)CN(CC(=O)N2CCCC2)c2ccc(S(=O)(=O)NCc3ccc4c(c3)OCO4)cc21. The number of fused-ring (bicyclic) bond motifs is 2. The maximum atomic E-state index is 13.0. The Hall–Kier alpha value is -2.78. The Morgan fingerprint density at radius 2 is 1.82 bits per heavy atom. The maximum Gasteiger partial charge on any atom is 0.242 e. The monoisotopic (exact) mass is 471 g/mol. The smallest absolute Gasteiger partial charge is 0.242 e. The van der Waals surface area contributed by atoms with Crippen LogP contribution < -0.4 is 19.1 Å². The van der Waals surface area contributed by atoms with Crippen molar-refractivity contribution in [1.29, 1.82) is 0 Å². The molecule has 2 aromatic carbocycles. The first-order valence-electron chi connectivity index (χ1n) is 11.3. The van der Waals surface area contributed by atoms with Crippen molar-refractivity contribution in [2.24, 2.45) is 0 Å². The summed E-state index contributed by atoms with van der Waals surface area (Å²) in [7, 11) is -3.71. The highest BCUT2D eigenvalue weighted by Gasteiger charge is 2.37. The molecule has 9 heteroatoms. The lowest BCUT2D eigenvalue weighted by Gasteiger charge is -2.24. The summed E-state index contributed by atoms with van der Waals surface area (Å²) in [6.07, 6.45) is 2.13. The van der Waals surface area contributed by atoms with Gasteiger partial charge in [-0.25, -0.2) is 13.1 Å². The minimum atomic E-state index is -3.71. The number of rotatable bonds is 6. The van der Waals surface area contributed by atoms with E-state index in [9.17, 15) is 13.2 Å². The van der Waals surface area contributed by atoms with Gasteiger partial charge in [0.25, 0.3) is 0 Å². The summed E-state index contributed by atoms with van der Waals surface area (Å²) in [5.74, 6) is 1.42. The molecule has 3 heterocycles. The fourth-order valence-corrected chi connectivity index (χ4v) is 5.87. The number of carbonyl (C=O) groups excluding carboxylic acids is 1. The predicted octanol–water partition coefficient (Wildman–Crippen LogP) is 2.61. The summed E-state index contributed by atoms with van der Waals surface area (Å²) in [6, 6.07) is 10.6. The summed E-state index contributed by atoms with van der Waals surface area (Å²) in [5.41, 5.74) is 2.41. The molecular formula is C24H29N3O5S. The van der Waals surface area contributed by atoms with Crippen molar-refractivity contribution in [3.8, 4) is 11.5 Å². The molecule has 8 nitrogen and oxygen atoms in total. The molecule has 2 aromatic rings. The molecule has 3 aliphatic rings. The molecule has 33 heavy (non-hydrogen) atoms. The minimum absolute atomic E-state index is 0.137. The third-order valence-electron chi connectivity index (χ3n) is 6.62. The Labute approximate surface area is 194 Å². The molecule has 0 saturated carbocycles. The van der Waals surface area contributed by atoms with E-state index >= 15 is 0 Å². The summed E-state index contributed by atoms with van der Waals surface area (Å²) < 4.78 is 39.4. The largest absolute Gasteiger partial charge is 0.454 e. The summed E-state index contributed by atoms with van der Waals surface area (Å²) in [4.78, 5) is 16.9. The highest BCUT2D eigenvalue weighted by atomic mass is 32.2. The molecule has 0 bridgehead atoms. The van der Waals surface area contributed by atoms with Crippen LogP contribution in [0.5, 0.6) is 11.5 Å². The van der Waals surface area contributed by atoms with E-state index in [1.54, 1.807) is 24.3 Å². The lowest BCUT2D eigenvalue weighted by atomic mass is 9.87. The van der Waals surface area contributed by atoms with Crippen LogP contribution in [0.25, 0.3) is 0 Å². The number of nitrogens with one attached hydrogen (secondary N) is 1. The molecule has 0 aromatic heterocycles. The predicted molar refractivity (Wildman–Crippen MR) is 124 cm³/mol. The van der Waals surface area contributed by atoms with Gasteiger partial charge in [-0.1, -0.05) is 19.9 Å². The van der Waals surface area contributed by atoms with Gasteiger partial charge in [0, 0.05) is 37.3 Å². The molecule has 0 atom stereocenters.